The highest BCUT2D eigenvalue weighted by Gasteiger charge is 2.19. The maximum Gasteiger partial charge on any atom is 0.299 e. The molecular formula is C19H30N2O6S2. The van der Waals surface area contributed by atoms with Crippen LogP contribution in [0.1, 0.15) is 18.1 Å². The van der Waals surface area contributed by atoms with Gasteiger partial charge < -0.3 is 11.1 Å². The Balaban J connectivity index is 0.00000116. The first-order valence-electron chi connectivity index (χ1n) is 8.77. The normalized spacial score (nSPS) is 11.0. The van der Waals surface area contributed by atoms with E-state index in [1.807, 2.05) is 20.9 Å². The highest BCUT2D eigenvalue weighted by Crippen LogP contribution is 2.16. The maximum absolute atomic E-state index is 11.9. The van der Waals surface area contributed by atoms with Gasteiger partial charge in [-0.05, 0) is 58.8 Å². The van der Waals surface area contributed by atoms with Crippen LogP contribution in [0.4, 0.5) is 0 Å². The first-order valence-corrected chi connectivity index (χ1v) is 11.6. The lowest BCUT2D eigenvalue weighted by atomic mass is 10.2. The van der Waals surface area contributed by atoms with Crippen molar-refractivity contribution < 1.29 is 25.2 Å². The second-order valence-electron chi connectivity index (χ2n) is 5.60. The smallest absolute Gasteiger partial charge is 0.299 e. The zero-order chi connectivity index (χ0) is 22.5. The molecule has 0 saturated heterocycles. The van der Waals surface area contributed by atoms with Crippen molar-refractivity contribution in [2.24, 2.45) is 5.73 Å². The molecule has 2 aromatic rings. The number of hydrogen-bond acceptors (Lipinski definition) is 8. The second-order valence-corrected chi connectivity index (χ2v) is 8.83. The number of aryl methyl sites for hydroxylation is 2. The summed E-state index contributed by atoms with van der Waals surface area (Å²) in [4.78, 5) is -0.140. The van der Waals surface area contributed by atoms with Crippen molar-refractivity contribution in [3.8, 4) is 0 Å². The summed E-state index contributed by atoms with van der Waals surface area (Å²) in [7, 11) is -4.73. The molecule has 0 spiro atoms. The Labute approximate surface area is 174 Å². The van der Waals surface area contributed by atoms with Gasteiger partial charge in [-0.25, -0.2) is 8.37 Å². The van der Waals surface area contributed by atoms with Crippen LogP contribution in [0.2, 0.25) is 0 Å². The SMILES string of the molecule is CCNC.CN.Cc1ccc(S(=O)(=O)OCOS(=O)(=O)c2ccc(C)cc2)cc1. The molecule has 0 aliphatic rings. The van der Waals surface area contributed by atoms with Crippen LogP contribution in [0.5, 0.6) is 0 Å². The van der Waals surface area contributed by atoms with E-state index in [-0.39, 0.29) is 9.79 Å². The summed E-state index contributed by atoms with van der Waals surface area (Å²) in [5.41, 5.74) is 6.28. The Morgan fingerprint density at radius 1 is 0.759 bits per heavy atom. The molecule has 0 heterocycles. The fourth-order valence-corrected chi connectivity index (χ4v) is 3.31. The zero-order valence-corrected chi connectivity index (χ0v) is 19.0. The third-order valence-electron chi connectivity index (χ3n) is 3.38. The molecule has 8 nitrogen and oxygen atoms in total. The van der Waals surface area contributed by atoms with E-state index in [1.165, 1.54) is 31.3 Å². The molecule has 0 aromatic heterocycles. The van der Waals surface area contributed by atoms with E-state index >= 15 is 0 Å². The summed E-state index contributed by atoms with van der Waals surface area (Å²) < 4.78 is 56.9. The van der Waals surface area contributed by atoms with E-state index in [2.05, 4.69) is 26.3 Å². The van der Waals surface area contributed by atoms with Crippen LogP contribution in [0.15, 0.2) is 58.3 Å². The molecule has 0 saturated carbocycles. The number of benzene rings is 2. The molecular weight excluding hydrogens is 416 g/mol. The van der Waals surface area contributed by atoms with Crippen LogP contribution < -0.4 is 11.1 Å². The van der Waals surface area contributed by atoms with Crippen LogP contribution in [-0.4, -0.2) is 44.3 Å². The van der Waals surface area contributed by atoms with E-state index in [4.69, 9.17) is 0 Å². The van der Waals surface area contributed by atoms with Gasteiger partial charge in [0.1, 0.15) is 0 Å². The van der Waals surface area contributed by atoms with E-state index in [0.29, 0.717) is 0 Å². The molecule has 2 aromatic carbocycles. The maximum atomic E-state index is 11.9. The van der Waals surface area contributed by atoms with Crippen molar-refractivity contribution in [3.05, 3.63) is 59.7 Å². The van der Waals surface area contributed by atoms with Crippen LogP contribution in [0.25, 0.3) is 0 Å². The molecule has 0 amide bonds. The molecule has 3 N–H and O–H groups in total. The minimum atomic E-state index is -4.08. The lowest BCUT2D eigenvalue weighted by Gasteiger charge is -2.07. The third kappa shape index (κ3) is 9.97. The van der Waals surface area contributed by atoms with Crippen molar-refractivity contribution >= 4 is 20.2 Å². The van der Waals surface area contributed by atoms with Crippen molar-refractivity contribution in [3.63, 3.8) is 0 Å². The number of rotatable bonds is 7. The number of hydrogen-bond donors (Lipinski definition) is 2. The molecule has 0 aliphatic heterocycles. The molecule has 2 rings (SSSR count). The Hall–Kier alpha value is -1.82. The van der Waals surface area contributed by atoms with Gasteiger partial charge in [0, 0.05) is 0 Å². The Bertz CT molecular complexity index is 833. The van der Waals surface area contributed by atoms with Gasteiger partial charge in [0.05, 0.1) is 9.79 Å². The molecule has 0 atom stereocenters. The molecule has 29 heavy (non-hydrogen) atoms. The van der Waals surface area contributed by atoms with Crippen molar-refractivity contribution in [1.82, 2.24) is 5.32 Å². The molecule has 0 aliphatic carbocycles. The second kappa shape index (κ2) is 13.4. The Morgan fingerprint density at radius 2 is 1.03 bits per heavy atom. The van der Waals surface area contributed by atoms with Crippen LogP contribution in [0, 0.1) is 13.8 Å². The standard InChI is InChI=1S/C15H16O6S2.C3H9N.CH5N/c1-12-3-7-14(8-4-12)22(16,17)20-11-21-23(18,19)15-9-5-13(2)6-10-15;1-3-4-2;1-2/h3-10H,11H2,1-2H3;4H,3H2,1-2H3;2H2,1H3. The van der Waals surface area contributed by atoms with Gasteiger partial charge in [0.25, 0.3) is 20.2 Å². The summed E-state index contributed by atoms with van der Waals surface area (Å²) in [6, 6.07) is 11.9. The topological polar surface area (TPSA) is 125 Å². The van der Waals surface area contributed by atoms with Crippen molar-refractivity contribution in [2.75, 3.05) is 27.4 Å². The summed E-state index contributed by atoms with van der Waals surface area (Å²) in [5.74, 6) is 0. The Kier molecular flexibility index (Phi) is 12.6. The van der Waals surface area contributed by atoms with Gasteiger partial charge in [0.15, 0.2) is 6.79 Å². The van der Waals surface area contributed by atoms with Crippen molar-refractivity contribution in [1.29, 1.82) is 0 Å². The predicted molar refractivity (Wildman–Crippen MR) is 113 cm³/mol. The molecule has 0 bridgehead atoms. The Morgan fingerprint density at radius 3 is 1.28 bits per heavy atom. The van der Waals surface area contributed by atoms with Gasteiger partial charge >= 0.3 is 0 Å². The average Bonchev–Trinajstić information content (AvgIpc) is 2.70. The largest absolute Gasteiger partial charge is 0.333 e. The first-order chi connectivity index (χ1) is 13.6. The van der Waals surface area contributed by atoms with Gasteiger partial charge in [-0.3, -0.25) is 0 Å². The monoisotopic (exact) mass is 446 g/mol. The predicted octanol–water partition coefficient (Wildman–Crippen LogP) is 2.17. The minimum Gasteiger partial charge on any atom is -0.333 e. The van der Waals surface area contributed by atoms with Crippen LogP contribution in [-0.2, 0) is 28.6 Å². The van der Waals surface area contributed by atoms with Gasteiger partial charge in [-0.1, -0.05) is 42.3 Å². The molecule has 0 fully saturated rings. The van der Waals surface area contributed by atoms with E-state index in [0.717, 1.165) is 17.7 Å². The van der Waals surface area contributed by atoms with E-state index in [1.54, 1.807) is 24.3 Å². The fourth-order valence-electron chi connectivity index (χ4n) is 1.69. The van der Waals surface area contributed by atoms with Gasteiger partial charge in [-0.15, -0.1) is 0 Å². The number of nitrogens with two attached hydrogens (primary N) is 1. The quantitative estimate of drug-likeness (QED) is 0.490. The van der Waals surface area contributed by atoms with E-state index < -0.39 is 27.0 Å². The zero-order valence-electron chi connectivity index (χ0n) is 17.4. The lowest BCUT2D eigenvalue weighted by molar-refractivity contribution is 0.132. The summed E-state index contributed by atoms with van der Waals surface area (Å²) in [6.07, 6.45) is 0. The highest BCUT2D eigenvalue weighted by molar-refractivity contribution is 7.87. The lowest BCUT2D eigenvalue weighted by Crippen LogP contribution is -2.14. The van der Waals surface area contributed by atoms with Crippen LogP contribution >= 0.6 is 0 Å². The fraction of sp³-hybridized carbons (Fsp3) is 0.368. The van der Waals surface area contributed by atoms with Gasteiger partial charge in [0.2, 0.25) is 0 Å². The van der Waals surface area contributed by atoms with Crippen molar-refractivity contribution in [2.45, 2.75) is 30.6 Å². The summed E-state index contributed by atoms with van der Waals surface area (Å²) >= 11 is 0. The minimum absolute atomic E-state index is 0.0700. The number of nitrogens with one attached hydrogen (secondary N) is 1. The highest BCUT2D eigenvalue weighted by atomic mass is 32.2. The molecule has 10 heteroatoms. The summed E-state index contributed by atoms with van der Waals surface area (Å²) in [6.45, 7) is 5.84. The summed E-state index contributed by atoms with van der Waals surface area (Å²) in [5, 5.41) is 2.93. The first kappa shape index (κ1) is 27.2. The molecule has 164 valence electrons. The van der Waals surface area contributed by atoms with Crippen LogP contribution in [0.3, 0.4) is 0 Å². The third-order valence-corrected chi connectivity index (χ3v) is 5.89. The average molecular weight is 447 g/mol. The van der Waals surface area contributed by atoms with Gasteiger partial charge in [-0.2, -0.15) is 16.8 Å². The molecule has 0 radical (unpaired) electrons. The molecule has 0 unspecified atom stereocenters. The van der Waals surface area contributed by atoms with E-state index in [9.17, 15) is 16.8 Å².